The van der Waals surface area contributed by atoms with Crippen LogP contribution in [0, 0.1) is 5.92 Å². The number of rotatable bonds is 4. The van der Waals surface area contributed by atoms with Crippen LogP contribution in [0.1, 0.15) is 18.9 Å². The fraction of sp³-hybridized carbons (Fsp3) is 0.409. The van der Waals surface area contributed by atoms with Gasteiger partial charge in [0.2, 0.25) is 11.8 Å². The first-order valence-electron chi connectivity index (χ1n) is 10.1. The lowest BCUT2D eigenvalue weighted by Gasteiger charge is -2.32. The summed E-state index contributed by atoms with van der Waals surface area (Å²) in [6, 6.07) is 14.1. The van der Waals surface area contributed by atoms with Crippen LogP contribution in [-0.2, 0) is 16.0 Å². The second-order valence-corrected chi connectivity index (χ2v) is 7.49. The van der Waals surface area contributed by atoms with Crippen molar-refractivity contribution in [2.45, 2.75) is 19.8 Å². The lowest BCUT2D eigenvalue weighted by Crippen LogP contribution is -2.51. The van der Waals surface area contributed by atoms with Crippen LogP contribution in [0.2, 0.25) is 0 Å². The predicted molar refractivity (Wildman–Crippen MR) is 108 cm³/mol. The monoisotopic (exact) mass is 379 g/mol. The molecule has 2 aromatic rings. The minimum atomic E-state index is -0.242. The minimum absolute atomic E-state index is 0.0418. The van der Waals surface area contributed by atoms with Gasteiger partial charge in [0.05, 0.1) is 25.2 Å². The molecule has 4 rings (SSSR count). The van der Waals surface area contributed by atoms with E-state index >= 15 is 0 Å². The number of nitrogens with one attached hydrogen (secondary N) is 1. The first-order chi connectivity index (χ1) is 13.7. The zero-order chi connectivity index (χ0) is 19.5. The molecule has 6 heteroatoms. The molecule has 1 atom stereocenters. The maximum atomic E-state index is 13.0. The first kappa shape index (κ1) is 18.5. The fourth-order valence-electron chi connectivity index (χ4n) is 4.04. The Kier molecular flexibility index (Phi) is 5.28. The third-order valence-electron chi connectivity index (χ3n) is 5.76. The zero-order valence-electron chi connectivity index (χ0n) is 16.3. The summed E-state index contributed by atoms with van der Waals surface area (Å²) in [4.78, 5) is 34.7. The Morgan fingerprint density at radius 3 is 2.46 bits per heavy atom. The number of hydrogen-bond donors (Lipinski definition) is 0. The van der Waals surface area contributed by atoms with Crippen molar-refractivity contribution in [2.24, 2.45) is 5.92 Å². The van der Waals surface area contributed by atoms with Gasteiger partial charge < -0.3 is 9.80 Å². The number of carbonyl (C=O) groups is 2. The van der Waals surface area contributed by atoms with Gasteiger partial charge in [0.15, 0.2) is 0 Å². The van der Waals surface area contributed by atoms with Crippen molar-refractivity contribution in [3.8, 4) is 0 Å². The molecule has 2 fully saturated rings. The van der Waals surface area contributed by atoms with Gasteiger partial charge in [-0.15, -0.1) is 0 Å². The molecule has 0 unspecified atom stereocenters. The lowest BCUT2D eigenvalue weighted by atomic mass is 10.1. The summed E-state index contributed by atoms with van der Waals surface area (Å²) in [5.74, 6) is 0.985. The molecule has 6 nitrogen and oxygen atoms in total. The van der Waals surface area contributed by atoms with Crippen molar-refractivity contribution in [1.29, 1.82) is 0 Å². The molecule has 1 aromatic carbocycles. The number of benzene rings is 1. The standard InChI is InChI=1S/C22H26N4O2/c1-2-17-6-8-19(9-7-17)26-16-18(15-21(26)27)22(28)25-13-11-24(12-14-25)20-5-3-4-10-23-20/h3-10,18H,2,11-16H2,1H3/p+1/t18-/m1/s1. The molecule has 1 N–H and O–H groups in total. The van der Waals surface area contributed by atoms with Crippen LogP contribution in [-0.4, -0.2) is 49.4 Å². The van der Waals surface area contributed by atoms with E-state index in [0.29, 0.717) is 26.1 Å². The second kappa shape index (κ2) is 8.00. The number of hydrogen-bond acceptors (Lipinski definition) is 3. The molecule has 28 heavy (non-hydrogen) atoms. The van der Waals surface area contributed by atoms with Crippen LogP contribution < -0.4 is 14.8 Å². The number of piperazine rings is 1. The molecule has 1 aromatic heterocycles. The van der Waals surface area contributed by atoms with Gasteiger partial charge in [-0.25, -0.2) is 4.98 Å². The number of aromatic nitrogens is 1. The van der Waals surface area contributed by atoms with Crippen LogP contribution in [0.3, 0.4) is 0 Å². The topological polar surface area (TPSA) is 58.0 Å². The maximum absolute atomic E-state index is 13.0. The van der Waals surface area contributed by atoms with E-state index < -0.39 is 0 Å². The Morgan fingerprint density at radius 2 is 1.82 bits per heavy atom. The van der Waals surface area contributed by atoms with E-state index in [1.165, 1.54) is 5.56 Å². The maximum Gasteiger partial charge on any atom is 0.274 e. The van der Waals surface area contributed by atoms with Crippen molar-refractivity contribution < 1.29 is 14.6 Å². The normalized spacial score (nSPS) is 20.0. The molecule has 0 spiro atoms. The third kappa shape index (κ3) is 3.72. The van der Waals surface area contributed by atoms with Crippen LogP contribution in [0.4, 0.5) is 11.5 Å². The average molecular weight is 379 g/mol. The summed E-state index contributed by atoms with van der Waals surface area (Å²) in [7, 11) is 0. The van der Waals surface area contributed by atoms with Crippen molar-refractivity contribution >= 4 is 23.3 Å². The van der Waals surface area contributed by atoms with Gasteiger partial charge in [-0.3, -0.25) is 14.5 Å². The Bertz CT molecular complexity index is 829. The van der Waals surface area contributed by atoms with E-state index in [-0.39, 0.29) is 17.7 Å². The summed E-state index contributed by atoms with van der Waals surface area (Å²) in [6.07, 6.45) is 3.20. The van der Waals surface area contributed by atoms with Crippen molar-refractivity contribution in [1.82, 2.24) is 4.90 Å². The first-order valence-corrected chi connectivity index (χ1v) is 10.1. The van der Waals surface area contributed by atoms with Crippen LogP contribution in [0.5, 0.6) is 0 Å². The number of amides is 2. The van der Waals surface area contributed by atoms with E-state index in [0.717, 1.165) is 31.0 Å². The Hall–Kier alpha value is -2.89. The molecule has 0 saturated carbocycles. The number of carbonyl (C=O) groups excluding carboxylic acids is 2. The van der Waals surface area contributed by atoms with Gasteiger partial charge in [0, 0.05) is 24.7 Å². The molecule has 0 radical (unpaired) electrons. The predicted octanol–water partition coefficient (Wildman–Crippen LogP) is 1.76. The number of aromatic amines is 1. The highest BCUT2D eigenvalue weighted by atomic mass is 16.2. The molecular formula is C22H27N4O2+. The highest BCUT2D eigenvalue weighted by Gasteiger charge is 2.38. The largest absolute Gasteiger partial charge is 0.335 e. The average Bonchev–Trinajstić information content (AvgIpc) is 3.15. The molecule has 2 saturated heterocycles. The molecule has 2 amide bonds. The molecule has 3 heterocycles. The molecule has 2 aliphatic rings. The van der Waals surface area contributed by atoms with Crippen molar-refractivity contribution in [3.63, 3.8) is 0 Å². The number of nitrogens with zero attached hydrogens (tertiary/aromatic N) is 3. The molecule has 2 aliphatic heterocycles. The summed E-state index contributed by atoms with van der Waals surface area (Å²) in [5.41, 5.74) is 2.14. The molecule has 0 aliphatic carbocycles. The summed E-state index contributed by atoms with van der Waals surface area (Å²) < 4.78 is 0. The smallest absolute Gasteiger partial charge is 0.274 e. The van der Waals surface area contributed by atoms with Gasteiger partial charge in [-0.2, -0.15) is 0 Å². The SMILES string of the molecule is CCc1ccc(N2C[C@H](C(=O)N3CCN(c4cccc[nH+]4)CC3)CC2=O)cc1. The second-order valence-electron chi connectivity index (χ2n) is 7.49. The van der Waals surface area contributed by atoms with Gasteiger partial charge in [0.25, 0.3) is 5.82 Å². The molecule has 146 valence electrons. The Balaban J connectivity index is 1.36. The Morgan fingerprint density at radius 1 is 1.07 bits per heavy atom. The summed E-state index contributed by atoms with van der Waals surface area (Å²) in [6.45, 7) is 5.58. The lowest BCUT2D eigenvalue weighted by molar-refractivity contribution is -0.364. The number of aryl methyl sites for hydroxylation is 1. The summed E-state index contributed by atoms with van der Waals surface area (Å²) in [5, 5.41) is 0. The van der Waals surface area contributed by atoms with Gasteiger partial charge >= 0.3 is 0 Å². The van der Waals surface area contributed by atoms with E-state index in [1.807, 2.05) is 35.4 Å². The highest BCUT2D eigenvalue weighted by Crippen LogP contribution is 2.27. The van der Waals surface area contributed by atoms with Gasteiger partial charge in [0.1, 0.15) is 13.1 Å². The minimum Gasteiger partial charge on any atom is -0.335 e. The van der Waals surface area contributed by atoms with E-state index in [9.17, 15) is 9.59 Å². The highest BCUT2D eigenvalue weighted by molar-refractivity contribution is 6.00. The number of anilines is 2. The summed E-state index contributed by atoms with van der Waals surface area (Å²) >= 11 is 0. The quantitative estimate of drug-likeness (QED) is 0.813. The van der Waals surface area contributed by atoms with Crippen molar-refractivity contribution in [2.75, 3.05) is 42.5 Å². The number of pyridine rings is 1. The van der Waals surface area contributed by atoms with E-state index in [2.05, 4.69) is 35.0 Å². The van der Waals surface area contributed by atoms with E-state index in [4.69, 9.17) is 0 Å². The third-order valence-corrected chi connectivity index (χ3v) is 5.76. The van der Waals surface area contributed by atoms with Crippen molar-refractivity contribution in [3.05, 3.63) is 54.2 Å². The van der Waals surface area contributed by atoms with Crippen LogP contribution >= 0.6 is 0 Å². The van der Waals surface area contributed by atoms with Gasteiger partial charge in [-0.05, 0) is 30.2 Å². The number of H-pyrrole nitrogens is 1. The zero-order valence-corrected chi connectivity index (χ0v) is 16.3. The van der Waals surface area contributed by atoms with Crippen LogP contribution in [0.15, 0.2) is 48.7 Å². The fourth-order valence-corrected chi connectivity index (χ4v) is 4.04. The van der Waals surface area contributed by atoms with Gasteiger partial charge in [-0.1, -0.05) is 25.1 Å². The van der Waals surface area contributed by atoms with Crippen LogP contribution in [0.25, 0.3) is 0 Å². The molecular weight excluding hydrogens is 352 g/mol. The van der Waals surface area contributed by atoms with E-state index in [1.54, 1.807) is 4.90 Å². The molecule has 0 bridgehead atoms. The Labute approximate surface area is 165 Å².